The molecule has 1 aliphatic heterocycles. The van der Waals surface area contributed by atoms with Crippen LogP contribution in [0.4, 0.5) is 18.9 Å². The highest BCUT2D eigenvalue weighted by atomic mass is 19.4. The Balaban J connectivity index is 1.69. The van der Waals surface area contributed by atoms with Gasteiger partial charge in [-0.3, -0.25) is 4.98 Å². The minimum Gasteiger partial charge on any atom is -0.496 e. The van der Waals surface area contributed by atoms with Gasteiger partial charge >= 0.3 is 6.18 Å². The average molecular weight is 395 g/mol. The predicted octanol–water partition coefficient (Wildman–Crippen LogP) is 4.15. The monoisotopic (exact) mass is 395 g/mol. The Morgan fingerprint density at radius 3 is 2.46 bits per heavy atom. The van der Waals surface area contributed by atoms with Crippen molar-refractivity contribution in [3.05, 3.63) is 48.0 Å². The van der Waals surface area contributed by atoms with E-state index in [1.54, 1.807) is 20.4 Å². The zero-order chi connectivity index (χ0) is 20.1. The lowest BCUT2D eigenvalue weighted by atomic mass is 9.80. The molecule has 0 radical (unpaired) electrons. The van der Waals surface area contributed by atoms with Crippen LogP contribution in [0.3, 0.4) is 0 Å². The summed E-state index contributed by atoms with van der Waals surface area (Å²) >= 11 is 0. The molecule has 1 aliphatic rings. The van der Waals surface area contributed by atoms with Crippen molar-refractivity contribution in [3.63, 3.8) is 0 Å². The third kappa shape index (κ3) is 4.55. The van der Waals surface area contributed by atoms with E-state index in [4.69, 9.17) is 9.47 Å². The number of hydrogen-bond donors (Lipinski definition) is 0. The zero-order valence-electron chi connectivity index (χ0n) is 15.9. The van der Waals surface area contributed by atoms with Crippen LogP contribution in [0.1, 0.15) is 30.0 Å². The summed E-state index contributed by atoms with van der Waals surface area (Å²) < 4.78 is 49.0. The molecule has 1 atom stereocenters. The molecule has 28 heavy (non-hydrogen) atoms. The number of ether oxygens (including phenoxy) is 2. The van der Waals surface area contributed by atoms with Crippen molar-refractivity contribution in [2.24, 2.45) is 5.92 Å². The van der Waals surface area contributed by atoms with E-state index in [0.29, 0.717) is 18.2 Å². The normalized spacial score (nSPS) is 16.8. The molecule has 0 amide bonds. The van der Waals surface area contributed by atoms with Crippen molar-refractivity contribution in [2.75, 3.05) is 38.8 Å². The standard InChI is InChI=1S/C20H24F3N3O2/c1-27-13-17(16-12-24-8-5-18(16)28-2)14-6-9-26(10-7-14)15-3-4-19(25-11-15)20(21,22)23/h3-5,8,11-12,14,17H,6-7,9-10,13H2,1-2H3. The highest BCUT2D eigenvalue weighted by molar-refractivity contribution is 5.45. The maximum Gasteiger partial charge on any atom is 0.433 e. The van der Waals surface area contributed by atoms with Gasteiger partial charge in [-0.2, -0.15) is 13.2 Å². The van der Waals surface area contributed by atoms with Gasteiger partial charge in [0.15, 0.2) is 0 Å². The van der Waals surface area contributed by atoms with E-state index < -0.39 is 11.9 Å². The summed E-state index contributed by atoms with van der Waals surface area (Å²) in [5.41, 5.74) is 0.880. The molecule has 0 aliphatic carbocycles. The Kier molecular flexibility index (Phi) is 6.39. The second-order valence-electron chi connectivity index (χ2n) is 6.90. The van der Waals surface area contributed by atoms with E-state index in [-0.39, 0.29) is 5.92 Å². The molecular formula is C20H24F3N3O2. The lowest BCUT2D eigenvalue weighted by Gasteiger charge is -2.37. The summed E-state index contributed by atoms with van der Waals surface area (Å²) in [5.74, 6) is 1.32. The van der Waals surface area contributed by atoms with E-state index in [0.717, 1.165) is 43.3 Å². The molecule has 2 aromatic heterocycles. The molecule has 0 saturated carbocycles. The largest absolute Gasteiger partial charge is 0.496 e. The minimum atomic E-state index is -4.42. The molecule has 152 valence electrons. The first-order chi connectivity index (χ1) is 13.4. The van der Waals surface area contributed by atoms with Crippen LogP contribution in [0.25, 0.3) is 0 Å². The molecule has 1 unspecified atom stereocenters. The first-order valence-electron chi connectivity index (χ1n) is 9.19. The second-order valence-corrected chi connectivity index (χ2v) is 6.90. The lowest BCUT2D eigenvalue weighted by molar-refractivity contribution is -0.141. The second kappa shape index (κ2) is 8.77. The fourth-order valence-corrected chi connectivity index (χ4v) is 3.82. The van der Waals surface area contributed by atoms with E-state index in [1.165, 1.54) is 12.3 Å². The number of nitrogens with zero attached hydrogens (tertiary/aromatic N) is 3. The number of halogens is 3. The van der Waals surface area contributed by atoms with E-state index in [1.807, 2.05) is 12.3 Å². The molecule has 1 fully saturated rings. The van der Waals surface area contributed by atoms with Crippen molar-refractivity contribution in [1.82, 2.24) is 9.97 Å². The van der Waals surface area contributed by atoms with Crippen LogP contribution in [0.2, 0.25) is 0 Å². The molecule has 0 bridgehead atoms. The highest BCUT2D eigenvalue weighted by Gasteiger charge is 2.33. The van der Waals surface area contributed by atoms with Gasteiger partial charge in [-0.05, 0) is 37.0 Å². The van der Waals surface area contributed by atoms with Crippen molar-refractivity contribution < 1.29 is 22.6 Å². The molecular weight excluding hydrogens is 371 g/mol. The smallest absolute Gasteiger partial charge is 0.433 e. The van der Waals surface area contributed by atoms with Crippen LogP contribution in [0.5, 0.6) is 5.75 Å². The number of alkyl halides is 3. The summed E-state index contributed by atoms with van der Waals surface area (Å²) in [6.07, 6.45) is 2.21. The molecule has 5 nitrogen and oxygen atoms in total. The molecule has 2 aromatic rings. The topological polar surface area (TPSA) is 47.5 Å². The van der Waals surface area contributed by atoms with Crippen LogP contribution in [0.15, 0.2) is 36.8 Å². The third-order valence-electron chi connectivity index (χ3n) is 5.29. The van der Waals surface area contributed by atoms with Gasteiger partial charge in [0.25, 0.3) is 0 Å². The SMILES string of the molecule is COCC(c1cnccc1OC)C1CCN(c2ccc(C(F)(F)F)nc2)CC1. The van der Waals surface area contributed by atoms with E-state index in [2.05, 4.69) is 14.9 Å². The number of piperidine rings is 1. The Morgan fingerprint density at radius 2 is 1.89 bits per heavy atom. The fraction of sp³-hybridized carbons (Fsp3) is 0.500. The summed E-state index contributed by atoms with van der Waals surface area (Å²) in [4.78, 5) is 9.88. The first kappa shape index (κ1) is 20.4. The molecule has 8 heteroatoms. The van der Waals surface area contributed by atoms with Crippen molar-refractivity contribution >= 4 is 5.69 Å². The fourth-order valence-electron chi connectivity index (χ4n) is 3.82. The number of aromatic nitrogens is 2. The molecule has 0 spiro atoms. The highest BCUT2D eigenvalue weighted by Crippen LogP contribution is 2.38. The predicted molar refractivity (Wildman–Crippen MR) is 99.6 cm³/mol. The Hall–Kier alpha value is -2.35. The summed E-state index contributed by atoms with van der Waals surface area (Å²) in [6.45, 7) is 2.07. The summed E-state index contributed by atoms with van der Waals surface area (Å²) in [6, 6.07) is 4.38. The van der Waals surface area contributed by atoms with Crippen LogP contribution in [-0.4, -0.2) is 43.9 Å². The summed E-state index contributed by atoms with van der Waals surface area (Å²) in [5, 5.41) is 0. The maximum atomic E-state index is 12.7. The van der Waals surface area contributed by atoms with Crippen LogP contribution in [0, 0.1) is 5.92 Å². The van der Waals surface area contributed by atoms with Gasteiger partial charge in [0.1, 0.15) is 11.4 Å². The zero-order valence-corrected chi connectivity index (χ0v) is 15.9. The number of anilines is 1. The van der Waals surface area contributed by atoms with Crippen molar-refractivity contribution in [1.29, 1.82) is 0 Å². The van der Waals surface area contributed by atoms with Crippen LogP contribution >= 0.6 is 0 Å². The van der Waals surface area contributed by atoms with Gasteiger partial charge in [-0.15, -0.1) is 0 Å². The number of rotatable bonds is 6. The Morgan fingerprint density at radius 1 is 1.14 bits per heavy atom. The maximum absolute atomic E-state index is 12.7. The molecule has 1 saturated heterocycles. The van der Waals surface area contributed by atoms with Gasteiger partial charge in [-0.25, -0.2) is 4.98 Å². The molecule has 0 N–H and O–H groups in total. The van der Waals surface area contributed by atoms with Gasteiger partial charge < -0.3 is 14.4 Å². The van der Waals surface area contributed by atoms with Crippen molar-refractivity contribution in [3.8, 4) is 5.75 Å². The molecule has 3 rings (SSSR count). The van der Waals surface area contributed by atoms with E-state index in [9.17, 15) is 13.2 Å². The van der Waals surface area contributed by atoms with Gasteiger partial charge in [0.2, 0.25) is 0 Å². The molecule has 3 heterocycles. The van der Waals surface area contributed by atoms with Gasteiger partial charge in [-0.1, -0.05) is 0 Å². The third-order valence-corrected chi connectivity index (χ3v) is 5.29. The van der Waals surface area contributed by atoms with Gasteiger partial charge in [0, 0.05) is 44.1 Å². The van der Waals surface area contributed by atoms with Gasteiger partial charge in [0.05, 0.1) is 25.6 Å². The number of hydrogen-bond acceptors (Lipinski definition) is 5. The Labute approximate surface area is 162 Å². The van der Waals surface area contributed by atoms with Crippen LogP contribution in [-0.2, 0) is 10.9 Å². The summed E-state index contributed by atoms with van der Waals surface area (Å²) in [7, 11) is 3.32. The van der Waals surface area contributed by atoms with Crippen LogP contribution < -0.4 is 9.64 Å². The minimum absolute atomic E-state index is 0.154. The Bertz CT molecular complexity index is 760. The van der Waals surface area contributed by atoms with E-state index >= 15 is 0 Å². The number of methoxy groups -OCH3 is 2. The number of pyridine rings is 2. The van der Waals surface area contributed by atoms with Crippen molar-refractivity contribution in [2.45, 2.75) is 24.9 Å². The first-order valence-corrected chi connectivity index (χ1v) is 9.19. The molecule has 0 aromatic carbocycles. The average Bonchev–Trinajstić information content (AvgIpc) is 2.72. The quantitative estimate of drug-likeness (QED) is 0.735. The lowest BCUT2D eigenvalue weighted by Crippen LogP contribution is -2.36.